The molecule has 0 aliphatic heterocycles. The van der Waals surface area contributed by atoms with Crippen molar-refractivity contribution in [1.29, 1.82) is 0 Å². The van der Waals surface area contributed by atoms with E-state index in [2.05, 4.69) is 10.5 Å². The molecule has 0 saturated heterocycles. The summed E-state index contributed by atoms with van der Waals surface area (Å²) in [6, 6.07) is 10.3. The number of ether oxygens (including phenoxy) is 3. The zero-order valence-electron chi connectivity index (χ0n) is 15.5. The van der Waals surface area contributed by atoms with Crippen LogP contribution >= 0.6 is 11.6 Å². The fourth-order valence-electron chi connectivity index (χ4n) is 2.25. The minimum Gasteiger partial charge on any atom is -0.495 e. The van der Waals surface area contributed by atoms with E-state index in [0.717, 1.165) is 0 Å². The summed E-state index contributed by atoms with van der Waals surface area (Å²) in [6.45, 7) is 1.58. The van der Waals surface area contributed by atoms with Crippen LogP contribution in [0, 0.1) is 0 Å². The van der Waals surface area contributed by atoms with Crippen LogP contribution in [0.5, 0.6) is 17.2 Å². The number of amides is 1. The molecule has 0 unspecified atom stereocenters. The third kappa shape index (κ3) is 5.27. The molecule has 144 valence electrons. The normalized spacial score (nSPS) is 11.7. The highest BCUT2D eigenvalue weighted by Crippen LogP contribution is 2.30. The molecular formula is C19H21ClN2O5. The lowest BCUT2D eigenvalue weighted by atomic mass is 10.2. The van der Waals surface area contributed by atoms with Crippen LogP contribution in [0.4, 0.5) is 5.69 Å². The van der Waals surface area contributed by atoms with Gasteiger partial charge in [0.1, 0.15) is 5.75 Å². The van der Waals surface area contributed by atoms with E-state index >= 15 is 0 Å². The molecule has 0 fully saturated rings. The molecule has 2 aromatic rings. The average molecular weight is 393 g/mol. The van der Waals surface area contributed by atoms with E-state index < -0.39 is 12.0 Å². The number of rotatable bonds is 8. The van der Waals surface area contributed by atoms with Gasteiger partial charge in [0.15, 0.2) is 11.5 Å². The molecule has 1 N–H and O–H groups in total. The molecular weight excluding hydrogens is 372 g/mol. The fraction of sp³-hybridized carbons (Fsp3) is 0.263. The van der Waals surface area contributed by atoms with Crippen molar-refractivity contribution < 1.29 is 23.8 Å². The van der Waals surface area contributed by atoms with Crippen molar-refractivity contribution in [3.63, 3.8) is 0 Å². The first-order valence-electron chi connectivity index (χ1n) is 8.04. The highest BCUT2D eigenvalue weighted by Gasteiger charge is 2.17. The van der Waals surface area contributed by atoms with Crippen LogP contribution in [0.15, 0.2) is 41.6 Å². The molecule has 1 amide bonds. The summed E-state index contributed by atoms with van der Waals surface area (Å²) in [6.07, 6.45) is 0.604. The van der Waals surface area contributed by atoms with Crippen LogP contribution in [0.2, 0.25) is 5.02 Å². The number of methoxy groups -OCH3 is 3. The number of hydrogen-bond acceptors (Lipinski definition) is 6. The van der Waals surface area contributed by atoms with Crippen molar-refractivity contribution in [1.82, 2.24) is 0 Å². The van der Waals surface area contributed by atoms with Gasteiger partial charge in [0.25, 0.3) is 5.91 Å². The van der Waals surface area contributed by atoms with Gasteiger partial charge < -0.3 is 24.4 Å². The van der Waals surface area contributed by atoms with Gasteiger partial charge in [-0.1, -0.05) is 22.8 Å². The maximum Gasteiger partial charge on any atom is 0.268 e. The summed E-state index contributed by atoms with van der Waals surface area (Å²) in [7, 11) is 4.58. The molecule has 2 aromatic carbocycles. The van der Waals surface area contributed by atoms with Crippen molar-refractivity contribution in [2.24, 2.45) is 5.16 Å². The van der Waals surface area contributed by atoms with Crippen molar-refractivity contribution in [2.75, 3.05) is 26.6 Å². The molecule has 0 bridgehead atoms. The lowest BCUT2D eigenvalue weighted by Gasteiger charge is -2.13. The van der Waals surface area contributed by atoms with Crippen molar-refractivity contribution in [3.05, 3.63) is 47.0 Å². The number of carbonyl (C=O) groups excluding carboxylic acids is 1. The number of benzene rings is 2. The number of hydrogen-bond donors (Lipinski definition) is 1. The molecule has 2 rings (SSSR count). The smallest absolute Gasteiger partial charge is 0.268 e. The number of carbonyl (C=O) groups is 1. The van der Waals surface area contributed by atoms with Crippen molar-refractivity contribution in [2.45, 2.75) is 13.0 Å². The molecule has 0 aromatic heterocycles. The first-order valence-corrected chi connectivity index (χ1v) is 8.42. The van der Waals surface area contributed by atoms with Crippen LogP contribution in [0.3, 0.4) is 0 Å². The predicted molar refractivity (Wildman–Crippen MR) is 104 cm³/mol. The topological polar surface area (TPSA) is 78.4 Å². The fourth-order valence-corrected chi connectivity index (χ4v) is 2.42. The summed E-state index contributed by atoms with van der Waals surface area (Å²) in [4.78, 5) is 17.5. The molecule has 0 heterocycles. The number of para-hydroxylation sites is 1. The maximum atomic E-state index is 12.3. The van der Waals surface area contributed by atoms with Crippen molar-refractivity contribution in [3.8, 4) is 17.2 Å². The number of nitrogens with one attached hydrogen (secondary N) is 1. The highest BCUT2D eigenvalue weighted by molar-refractivity contribution is 6.31. The maximum absolute atomic E-state index is 12.3. The Bertz CT molecular complexity index is 826. The molecule has 0 saturated carbocycles. The Morgan fingerprint density at radius 1 is 1.11 bits per heavy atom. The van der Waals surface area contributed by atoms with Gasteiger partial charge in [0, 0.05) is 10.6 Å². The Morgan fingerprint density at radius 2 is 1.85 bits per heavy atom. The van der Waals surface area contributed by atoms with E-state index in [4.69, 9.17) is 30.6 Å². The SMILES string of the molecule is COc1ccc(Cl)cc1NC(=O)[C@H](C)O/N=C\c1cccc(OC)c1OC. The lowest BCUT2D eigenvalue weighted by molar-refractivity contribution is -0.126. The average Bonchev–Trinajstić information content (AvgIpc) is 2.67. The first-order chi connectivity index (χ1) is 13.0. The van der Waals surface area contributed by atoms with Gasteiger partial charge in [-0.2, -0.15) is 0 Å². The van der Waals surface area contributed by atoms with E-state index in [1.165, 1.54) is 20.4 Å². The Labute approximate surface area is 162 Å². The first kappa shape index (κ1) is 20.4. The number of nitrogens with zero attached hydrogens (tertiary/aromatic N) is 1. The van der Waals surface area contributed by atoms with E-state index in [9.17, 15) is 4.79 Å². The van der Waals surface area contributed by atoms with Gasteiger partial charge in [-0.15, -0.1) is 0 Å². The molecule has 27 heavy (non-hydrogen) atoms. The van der Waals surface area contributed by atoms with Gasteiger partial charge in [-0.3, -0.25) is 4.79 Å². The van der Waals surface area contributed by atoms with E-state index in [0.29, 0.717) is 33.5 Å². The summed E-state index contributed by atoms with van der Waals surface area (Å²) >= 11 is 5.96. The summed E-state index contributed by atoms with van der Waals surface area (Å²) < 4.78 is 15.7. The molecule has 1 atom stereocenters. The quantitative estimate of drug-likeness (QED) is 0.547. The van der Waals surface area contributed by atoms with Gasteiger partial charge in [0.2, 0.25) is 6.10 Å². The Hall–Kier alpha value is -2.93. The van der Waals surface area contributed by atoms with Crippen LogP contribution in [-0.4, -0.2) is 39.6 Å². The summed E-state index contributed by atoms with van der Waals surface area (Å²) in [5.74, 6) is 1.18. The minimum absolute atomic E-state index is 0.398. The molecule has 8 heteroatoms. The minimum atomic E-state index is -0.846. The summed E-state index contributed by atoms with van der Waals surface area (Å²) in [5, 5.41) is 7.04. The van der Waals surface area contributed by atoms with Gasteiger partial charge >= 0.3 is 0 Å². The van der Waals surface area contributed by atoms with E-state index in [1.807, 2.05) is 0 Å². The number of anilines is 1. The molecule has 0 radical (unpaired) electrons. The van der Waals surface area contributed by atoms with Gasteiger partial charge in [0.05, 0.1) is 33.2 Å². The zero-order chi connectivity index (χ0) is 19.8. The van der Waals surface area contributed by atoms with E-state index in [1.54, 1.807) is 50.4 Å². The standard InChI is InChI=1S/C19H21ClN2O5/c1-12(19(23)22-15-10-14(20)8-9-16(15)24-2)27-21-11-13-6-5-7-17(25-3)18(13)26-4/h5-12H,1-4H3,(H,22,23)/b21-11-/t12-/m0/s1. The second-order valence-electron chi connectivity index (χ2n) is 5.40. The molecule has 0 spiro atoms. The zero-order valence-corrected chi connectivity index (χ0v) is 16.2. The van der Waals surface area contributed by atoms with Crippen LogP contribution in [0.1, 0.15) is 12.5 Å². The number of halogens is 1. The third-order valence-corrected chi connectivity index (χ3v) is 3.87. The van der Waals surface area contributed by atoms with Crippen LogP contribution < -0.4 is 19.5 Å². The third-order valence-electron chi connectivity index (χ3n) is 3.63. The second-order valence-corrected chi connectivity index (χ2v) is 5.84. The second kappa shape index (κ2) is 9.68. The van der Waals surface area contributed by atoms with Gasteiger partial charge in [-0.05, 0) is 37.3 Å². The number of oxime groups is 1. The molecule has 0 aliphatic rings. The van der Waals surface area contributed by atoms with Crippen molar-refractivity contribution >= 4 is 29.4 Å². The largest absolute Gasteiger partial charge is 0.495 e. The Kier molecular flexibility index (Phi) is 7.31. The Balaban J connectivity index is 2.03. The van der Waals surface area contributed by atoms with Crippen LogP contribution in [-0.2, 0) is 9.63 Å². The Morgan fingerprint density at radius 3 is 2.52 bits per heavy atom. The summed E-state index contributed by atoms with van der Waals surface area (Å²) in [5.41, 5.74) is 1.10. The lowest BCUT2D eigenvalue weighted by Crippen LogP contribution is -2.26. The van der Waals surface area contributed by atoms with Crippen LogP contribution in [0.25, 0.3) is 0 Å². The highest BCUT2D eigenvalue weighted by atomic mass is 35.5. The molecule has 0 aliphatic carbocycles. The molecule has 7 nitrogen and oxygen atoms in total. The van der Waals surface area contributed by atoms with E-state index in [-0.39, 0.29) is 0 Å². The van der Waals surface area contributed by atoms with Gasteiger partial charge in [-0.25, -0.2) is 0 Å². The predicted octanol–water partition coefficient (Wildman–Crippen LogP) is 3.74. The monoisotopic (exact) mass is 392 g/mol.